The molecule has 1 aromatic heterocycles. The molecule has 0 unspecified atom stereocenters. The van der Waals surface area contributed by atoms with Crippen molar-refractivity contribution in [2.24, 2.45) is 5.73 Å². The third kappa shape index (κ3) is 2.73. The highest BCUT2D eigenvalue weighted by Crippen LogP contribution is 2.34. The van der Waals surface area contributed by atoms with Gasteiger partial charge in [-0.25, -0.2) is 0 Å². The average Bonchev–Trinajstić information content (AvgIpc) is 2.75. The lowest BCUT2D eigenvalue weighted by molar-refractivity contribution is -0.137. The first kappa shape index (κ1) is 13.1. The predicted molar refractivity (Wildman–Crippen MR) is 62.5 cm³/mol. The maximum atomic E-state index is 12.7. The van der Waals surface area contributed by atoms with Crippen LogP contribution in [0, 0.1) is 0 Å². The molecule has 0 bridgehead atoms. The molecule has 96 valence electrons. The summed E-state index contributed by atoms with van der Waals surface area (Å²) in [6, 6.07) is 5.08. The zero-order valence-corrected chi connectivity index (χ0v) is 10.5. The molecule has 0 saturated carbocycles. The second-order valence-electron chi connectivity index (χ2n) is 3.61. The monoisotopic (exact) mass is 320 g/mol. The van der Waals surface area contributed by atoms with Crippen LogP contribution in [0.2, 0.25) is 0 Å². The lowest BCUT2D eigenvalue weighted by Crippen LogP contribution is -2.04. The number of rotatable bonds is 2. The highest BCUT2D eigenvalue weighted by molar-refractivity contribution is 9.10. The van der Waals surface area contributed by atoms with Crippen LogP contribution in [0.15, 0.2) is 33.3 Å². The zero-order chi connectivity index (χ0) is 13.3. The van der Waals surface area contributed by atoms with Gasteiger partial charge in [-0.05, 0) is 18.2 Å². The molecule has 0 amide bonds. The molecular formula is C11H8BrF3N2O. The van der Waals surface area contributed by atoms with Gasteiger partial charge in [0.05, 0.1) is 12.1 Å². The van der Waals surface area contributed by atoms with E-state index in [1.807, 2.05) is 0 Å². The Kier molecular flexibility index (Phi) is 3.45. The molecule has 0 saturated heterocycles. The van der Waals surface area contributed by atoms with Crippen molar-refractivity contribution in [2.75, 3.05) is 0 Å². The van der Waals surface area contributed by atoms with Crippen LogP contribution in [0.25, 0.3) is 11.3 Å². The van der Waals surface area contributed by atoms with Crippen LogP contribution < -0.4 is 5.73 Å². The number of aromatic nitrogens is 1. The first-order valence-electron chi connectivity index (χ1n) is 4.94. The van der Waals surface area contributed by atoms with Gasteiger partial charge >= 0.3 is 6.18 Å². The second-order valence-corrected chi connectivity index (χ2v) is 4.52. The molecule has 0 fully saturated rings. The Labute approximate surface area is 109 Å². The van der Waals surface area contributed by atoms with E-state index in [-0.39, 0.29) is 6.54 Å². The minimum absolute atomic E-state index is 0.146. The quantitative estimate of drug-likeness (QED) is 0.920. The van der Waals surface area contributed by atoms with Crippen LogP contribution in [-0.4, -0.2) is 5.16 Å². The van der Waals surface area contributed by atoms with Crippen LogP contribution in [0.3, 0.4) is 0 Å². The highest BCUT2D eigenvalue weighted by atomic mass is 79.9. The SMILES string of the molecule is NCc1cc(-c2cc(Br)cc(C(F)(F)F)c2)no1. The summed E-state index contributed by atoms with van der Waals surface area (Å²) in [6.45, 7) is 0.146. The molecule has 3 nitrogen and oxygen atoms in total. The fraction of sp³-hybridized carbons (Fsp3) is 0.182. The Balaban J connectivity index is 2.48. The molecule has 2 N–H and O–H groups in total. The summed E-state index contributed by atoms with van der Waals surface area (Å²) in [7, 11) is 0. The number of nitrogens with two attached hydrogens (primary N) is 1. The predicted octanol–water partition coefficient (Wildman–Crippen LogP) is 3.58. The lowest BCUT2D eigenvalue weighted by Gasteiger charge is -2.08. The topological polar surface area (TPSA) is 52.0 Å². The van der Waals surface area contributed by atoms with E-state index in [0.29, 0.717) is 21.5 Å². The molecule has 1 heterocycles. The van der Waals surface area contributed by atoms with Gasteiger partial charge in [0.1, 0.15) is 5.69 Å². The molecule has 0 radical (unpaired) electrons. The standard InChI is InChI=1S/C11H8BrF3N2O/c12-8-2-6(1-7(3-8)11(13,14)15)10-4-9(5-16)18-17-10/h1-4H,5,16H2. The van der Waals surface area contributed by atoms with Crippen molar-refractivity contribution in [2.45, 2.75) is 12.7 Å². The normalized spacial score (nSPS) is 11.8. The number of hydrogen-bond acceptors (Lipinski definition) is 3. The maximum absolute atomic E-state index is 12.7. The van der Waals surface area contributed by atoms with Gasteiger partial charge in [0.2, 0.25) is 0 Å². The number of benzene rings is 1. The molecule has 0 atom stereocenters. The molecule has 0 aliphatic rings. The average molecular weight is 321 g/mol. The molecular weight excluding hydrogens is 313 g/mol. The van der Waals surface area contributed by atoms with Gasteiger partial charge in [-0.1, -0.05) is 21.1 Å². The molecule has 2 aromatic rings. The summed E-state index contributed by atoms with van der Waals surface area (Å²) < 4.78 is 43.1. The van der Waals surface area contributed by atoms with Crippen molar-refractivity contribution in [3.8, 4) is 11.3 Å². The van der Waals surface area contributed by atoms with Crippen LogP contribution in [0.5, 0.6) is 0 Å². The Hall–Kier alpha value is -1.34. The van der Waals surface area contributed by atoms with E-state index < -0.39 is 11.7 Å². The molecule has 0 aliphatic carbocycles. The van der Waals surface area contributed by atoms with Crippen LogP contribution in [-0.2, 0) is 12.7 Å². The summed E-state index contributed by atoms with van der Waals surface area (Å²) >= 11 is 3.04. The van der Waals surface area contributed by atoms with E-state index >= 15 is 0 Å². The van der Waals surface area contributed by atoms with Gasteiger partial charge in [0.15, 0.2) is 5.76 Å². The molecule has 18 heavy (non-hydrogen) atoms. The highest BCUT2D eigenvalue weighted by Gasteiger charge is 2.31. The van der Waals surface area contributed by atoms with Crippen molar-refractivity contribution in [1.82, 2.24) is 5.16 Å². The van der Waals surface area contributed by atoms with Crippen molar-refractivity contribution >= 4 is 15.9 Å². The van der Waals surface area contributed by atoms with Crippen molar-refractivity contribution < 1.29 is 17.7 Å². The largest absolute Gasteiger partial charge is 0.416 e. The fourth-order valence-electron chi connectivity index (χ4n) is 1.45. The van der Waals surface area contributed by atoms with E-state index in [9.17, 15) is 13.2 Å². The molecule has 0 aliphatic heterocycles. The molecule has 1 aromatic carbocycles. The fourth-order valence-corrected chi connectivity index (χ4v) is 1.94. The van der Waals surface area contributed by atoms with Crippen LogP contribution in [0.1, 0.15) is 11.3 Å². The van der Waals surface area contributed by atoms with Gasteiger partial charge in [-0.15, -0.1) is 0 Å². The Morgan fingerprint density at radius 2 is 1.94 bits per heavy atom. The number of nitrogens with zero attached hydrogens (tertiary/aromatic N) is 1. The third-order valence-corrected chi connectivity index (χ3v) is 2.74. The van der Waals surface area contributed by atoms with Gasteiger partial charge < -0.3 is 10.3 Å². The first-order chi connectivity index (χ1) is 8.40. The van der Waals surface area contributed by atoms with Gasteiger partial charge in [-0.3, -0.25) is 0 Å². The maximum Gasteiger partial charge on any atom is 0.416 e. The number of hydrogen-bond donors (Lipinski definition) is 1. The van der Waals surface area contributed by atoms with E-state index in [4.69, 9.17) is 10.3 Å². The Bertz CT molecular complexity index is 566. The summed E-state index contributed by atoms with van der Waals surface area (Å²) in [5.41, 5.74) is 5.24. The molecule has 2 rings (SSSR count). The van der Waals surface area contributed by atoms with Crippen LogP contribution >= 0.6 is 15.9 Å². The minimum atomic E-state index is -4.40. The summed E-state index contributed by atoms with van der Waals surface area (Å²) in [5, 5.41) is 3.68. The first-order valence-corrected chi connectivity index (χ1v) is 5.73. The van der Waals surface area contributed by atoms with Crippen molar-refractivity contribution in [1.29, 1.82) is 0 Å². The molecule has 0 spiro atoms. The van der Waals surface area contributed by atoms with Gasteiger partial charge in [-0.2, -0.15) is 13.2 Å². The van der Waals surface area contributed by atoms with Gasteiger partial charge in [0.25, 0.3) is 0 Å². The summed E-state index contributed by atoms with van der Waals surface area (Å²) in [4.78, 5) is 0. The summed E-state index contributed by atoms with van der Waals surface area (Å²) in [6.07, 6.45) is -4.40. The van der Waals surface area contributed by atoms with E-state index in [1.165, 1.54) is 12.1 Å². The van der Waals surface area contributed by atoms with Crippen molar-refractivity contribution in [3.05, 3.63) is 40.1 Å². The van der Waals surface area contributed by atoms with Gasteiger partial charge in [0, 0.05) is 16.1 Å². The lowest BCUT2D eigenvalue weighted by atomic mass is 10.1. The van der Waals surface area contributed by atoms with E-state index in [0.717, 1.165) is 12.1 Å². The minimum Gasteiger partial charge on any atom is -0.359 e. The Morgan fingerprint density at radius 3 is 2.50 bits per heavy atom. The smallest absolute Gasteiger partial charge is 0.359 e. The van der Waals surface area contributed by atoms with Crippen molar-refractivity contribution in [3.63, 3.8) is 0 Å². The zero-order valence-electron chi connectivity index (χ0n) is 8.96. The molecule has 7 heteroatoms. The second kappa shape index (κ2) is 4.74. The number of halogens is 4. The Morgan fingerprint density at radius 1 is 1.22 bits per heavy atom. The number of alkyl halides is 3. The van der Waals surface area contributed by atoms with E-state index in [2.05, 4.69) is 21.1 Å². The van der Waals surface area contributed by atoms with E-state index in [1.54, 1.807) is 0 Å². The summed E-state index contributed by atoms with van der Waals surface area (Å²) in [5.74, 6) is 0.415. The third-order valence-electron chi connectivity index (χ3n) is 2.28. The van der Waals surface area contributed by atoms with Crippen LogP contribution in [0.4, 0.5) is 13.2 Å².